The molecule has 1 saturated heterocycles. The second kappa shape index (κ2) is 9.40. The Kier molecular flexibility index (Phi) is 6.43. The average Bonchev–Trinajstić information content (AvgIpc) is 2.80. The summed E-state index contributed by atoms with van der Waals surface area (Å²) in [6.45, 7) is 3.23. The van der Waals surface area contributed by atoms with Crippen molar-refractivity contribution in [2.45, 2.75) is 11.7 Å². The first-order chi connectivity index (χ1) is 15.0. The van der Waals surface area contributed by atoms with E-state index in [0.29, 0.717) is 35.8 Å². The highest BCUT2D eigenvalue weighted by Crippen LogP contribution is 2.24. The fourth-order valence-electron chi connectivity index (χ4n) is 3.51. The lowest BCUT2D eigenvalue weighted by Gasteiger charge is -2.29. The smallest absolute Gasteiger partial charge is 0.262 e. The molecule has 2 heterocycles. The highest BCUT2D eigenvalue weighted by molar-refractivity contribution is 7.99. The summed E-state index contributed by atoms with van der Waals surface area (Å²) in [6.07, 6.45) is 0. The molecule has 162 valence electrons. The van der Waals surface area contributed by atoms with Gasteiger partial charge in [-0.3, -0.25) is 14.2 Å². The summed E-state index contributed by atoms with van der Waals surface area (Å²) in [7, 11) is 1.61. The monoisotopic (exact) mass is 440 g/mol. The van der Waals surface area contributed by atoms with E-state index in [1.807, 2.05) is 42.5 Å². The molecule has 0 bridgehead atoms. The van der Waals surface area contributed by atoms with E-state index in [1.54, 1.807) is 11.7 Å². The molecule has 8 nitrogen and oxygen atoms in total. The van der Waals surface area contributed by atoms with E-state index in [1.165, 1.54) is 11.8 Å². The van der Waals surface area contributed by atoms with Crippen LogP contribution in [-0.2, 0) is 16.1 Å². The Morgan fingerprint density at radius 1 is 1.19 bits per heavy atom. The van der Waals surface area contributed by atoms with Crippen LogP contribution in [-0.4, -0.2) is 54.6 Å². The predicted molar refractivity (Wildman–Crippen MR) is 121 cm³/mol. The molecule has 2 aromatic carbocycles. The molecule has 1 fully saturated rings. The van der Waals surface area contributed by atoms with Gasteiger partial charge in [-0.25, -0.2) is 4.98 Å². The van der Waals surface area contributed by atoms with E-state index >= 15 is 0 Å². The van der Waals surface area contributed by atoms with Gasteiger partial charge in [0.1, 0.15) is 5.75 Å². The number of ether oxygens (including phenoxy) is 2. The number of morpholine rings is 1. The van der Waals surface area contributed by atoms with Crippen LogP contribution in [0.2, 0.25) is 0 Å². The number of anilines is 1. The summed E-state index contributed by atoms with van der Waals surface area (Å²) in [5.41, 5.74) is 7.67. The molecule has 0 unspecified atom stereocenters. The molecule has 4 rings (SSSR count). The molecule has 1 aromatic heterocycles. The molecule has 0 spiro atoms. The van der Waals surface area contributed by atoms with Crippen molar-refractivity contribution < 1.29 is 14.3 Å². The van der Waals surface area contributed by atoms with Gasteiger partial charge < -0.3 is 20.1 Å². The first kappa shape index (κ1) is 21.2. The number of aromatic nitrogens is 2. The summed E-state index contributed by atoms with van der Waals surface area (Å²) in [5.74, 6) is 0.330. The van der Waals surface area contributed by atoms with Crippen molar-refractivity contribution in [2.24, 2.45) is 5.73 Å². The van der Waals surface area contributed by atoms with Crippen LogP contribution in [0.15, 0.2) is 52.4 Å². The first-order valence-electron chi connectivity index (χ1n) is 9.96. The number of fused-ring (bicyclic) bond motifs is 1. The summed E-state index contributed by atoms with van der Waals surface area (Å²) < 4.78 is 12.2. The molecule has 0 radical (unpaired) electrons. The summed E-state index contributed by atoms with van der Waals surface area (Å²) in [6, 6.07) is 13.2. The number of methoxy groups -OCH3 is 1. The molecule has 1 aliphatic rings. The van der Waals surface area contributed by atoms with Crippen molar-refractivity contribution >= 4 is 34.3 Å². The van der Waals surface area contributed by atoms with Gasteiger partial charge in [-0.15, -0.1) is 0 Å². The quantitative estimate of drug-likeness (QED) is 0.442. The van der Waals surface area contributed by atoms with Gasteiger partial charge in [0.05, 0.1) is 43.5 Å². The molecule has 0 saturated carbocycles. The Morgan fingerprint density at radius 3 is 2.61 bits per heavy atom. The molecule has 2 N–H and O–H groups in total. The number of hydrogen-bond acceptors (Lipinski definition) is 7. The average molecular weight is 441 g/mol. The Morgan fingerprint density at radius 2 is 1.94 bits per heavy atom. The van der Waals surface area contributed by atoms with Crippen molar-refractivity contribution in [2.75, 3.05) is 44.1 Å². The lowest BCUT2D eigenvalue weighted by atomic mass is 10.2. The van der Waals surface area contributed by atoms with Crippen molar-refractivity contribution in [1.29, 1.82) is 0 Å². The summed E-state index contributed by atoms with van der Waals surface area (Å²) in [5, 5.41) is 1.01. The van der Waals surface area contributed by atoms with Gasteiger partial charge in [-0.2, -0.15) is 0 Å². The SMILES string of the molecule is COc1ccc(Cn2c(SCC(N)=O)nc3ccc(N4CCOCC4)cc3c2=O)cc1. The molecule has 9 heteroatoms. The van der Waals surface area contributed by atoms with E-state index in [-0.39, 0.29) is 11.3 Å². The summed E-state index contributed by atoms with van der Waals surface area (Å²) in [4.78, 5) is 31.7. The van der Waals surface area contributed by atoms with Gasteiger partial charge in [0.25, 0.3) is 5.56 Å². The standard InChI is InChI=1S/C22H24N4O4S/c1-29-17-5-2-15(3-6-17)13-26-21(28)18-12-16(25-8-10-30-11-9-25)4-7-19(18)24-22(26)31-14-20(23)27/h2-7,12H,8-11,13-14H2,1H3,(H2,23,27). The minimum Gasteiger partial charge on any atom is -0.497 e. The minimum atomic E-state index is -0.460. The van der Waals surface area contributed by atoms with Crippen molar-refractivity contribution in [1.82, 2.24) is 9.55 Å². The Bertz CT molecular complexity index is 1140. The maximum absolute atomic E-state index is 13.5. The number of benzene rings is 2. The topological polar surface area (TPSA) is 99.7 Å². The van der Waals surface area contributed by atoms with Crippen LogP contribution in [0, 0.1) is 0 Å². The van der Waals surface area contributed by atoms with Crippen LogP contribution < -0.4 is 20.9 Å². The number of thioether (sulfide) groups is 1. The van der Waals surface area contributed by atoms with Gasteiger partial charge in [-0.05, 0) is 35.9 Å². The van der Waals surface area contributed by atoms with Crippen LogP contribution in [0.1, 0.15) is 5.56 Å². The van der Waals surface area contributed by atoms with E-state index in [2.05, 4.69) is 9.88 Å². The zero-order valence-corrected chi connectivity index (χ0v) is 18.1. The number of primary amides is 1. The number of carbonyl (C=O) groups is 1. The van der Waals surface area contributed by atoms with E-state index in [0.717, 1.165) is 30.1 Å². The molecule has 31 heavy (non-hydrogen) atoms. The zero-order valence-electron chi connectivity index (χ0n) is 17.2. The number of nitrogens with zero attached hydrogens (tertiary/aromatic N) is 3. The van der Waals surface area contributed by atoms with Crippen LogP contribution >= 0.6 is 11.8 Å². The highest BCUT2D eigenvalue weighted by atomic mass is 32.2. The maximum atomic E-state index is 13.5. The molecule has 0 atom stereocenters. The number of rotatable bonds is 7. The third-order valence-electron chi connectivity index (χ3n) is 5.12. The van der Waals surface area contributed by atoms with Gasteiger partial charge in [0.15, 0.2) is 5.16 Å². The normalized spacial score (nSPS) is 14.0. The zero-order chi connectivity index (χ0) is 21.8. The first-order valence-corrected chi connectivity index (χ1v) is 10.9. The minimum absolute atomic E-state index is 0.0480. The third kappa shape index (κ3) is 4.83. The van der Waals surface area contributed by atoms with Crippen molar-refractivity contribution in [3.05, 3.63) is 58.4 Å². The van der Waals surface area contributed by atoms with E-state index in [4.69, 9.17) is 15.2 Å². The number of nitrogens with two attached hydrogens (primary N) is 1. The molecule has 1 amide bonds. The van der Waals surface area contributed by atoms with Crippen molar-refractivity contribution in [3.8, 4) is 5.75 Å². The highest BCUT2D eigenvalue weighted by Gasteiger charge is 2.16. The van der Waals surface area contributed by atoms with Crippen LogP contribution in [0.5, 0.6) is 5.75 Å². The number of amides is 1. The van der Waals surface area contributed by atoms with Crippen LogP contribution in [0.3, 0.4) is 0 Å². The Hall–Kier alpha value is -3.04. The fraction of sp³-hybridized carbons (Fsp3) is 0.318. The molecule has 0 aliphatic carbocycles. The second-order valence-corrected chi connectivity index (χ2v) is 8.13. The van der Waals surface area contributed by atoms with Gasteiger partial charge >= 0.3 is 0 Å². The largest absolute Gasteiger partial charge is 0.497 e. The van der Waals surface area contributed by atoms with E-state index in [9.17, 15) is 9.59 Å². The van der Waals surface area contributed by atoms with Gasteiger partial charge in [0, 0.05) is 18.8 Å². The molecular formula is C22H24N4O4S. The van der Waals surface area contributed by atoms with Crippen molar-refractivity contribution in [3.63, 3.8) is 0 Å². The number of hydrogen-bond donors (Lipinski definition) is 1. The van der Waals surface area contributed by atoms with Crippen LogP contribution in [0.25, 0.3) is 10.9 Å². The third-order valence-corrected chi connectivity index (χ3v) is 6.12. The molecule has 3 aromatic rings. The van der Waals surface area contributed by atoms with Gasteiger partial charge in [0.2, 0.25) is 5.91 Å². The Labute approximate surface area is 184 Å². The lowest BCUT2D eigenvalue weighted by molar-refractivity contribution is -0.115. The number of carbonyl (C=O) groups excluding carboxylic acids is 1. The second-order valence-electron chi connectivity index (χ2n) is 7.19. The Balaban J connectivity index is 1.76. The van der Waals surface area contributed by atoms with Crippen LogP contribution in [0.4, 0.5) is 5.69 Å². The maximum Gasteiger partial charge on any atom is 0.262 e. The summed E-state index contributed by atoms with van der Waals surface area (Å²) >= 11 is 1.17. The molecule has 1 aliphatic heterocycles. The fourth-order valence-corrected chi connectivity index (χ4v) is 4.24. The van der Waals surface area contributed by atoms with Gasteiger partial charge in [-0.1, -0.05) is 23.9 Å². The van der Waals surface area contributed by atoms with E-state index < -0.39 is 5.91 Å². The predicted octanol–water partition coefficient (Wildman–Crippen LogP) is 1.87. The molecular weight excluding hydrogens is 416 g/mol. The lowest BCUT2D eigenvalue weighted by Crippen LogP contribution is -2.36.